The number of halogens is 2. The average molecular weight is 277 g/mol. The number of rotatable bonds is 4. The van der Waals surface area contributed by atoms with Crippen LogP contribution < -0.4 is 11.1 Å². The van der Waals surface area contributed by atoms with Crippen molar-refractivity contribution in [2.75, 3.05) is 5.32 Å². The van der Waals surface area contributed by atoms with E-state index in [0.29, 0.717) is 23.4 Å². The Hall–Kier alpha value is -2.63. The molecule has 0 saturated heterocycles. The van der Waals surface area contributed by atoms with Crippen LogP contribution in [0.15, 0.2) is 47.6 Å². The molecular formula is C14H13F2N3O. The maximum absolute atomic E-state index is 13.4. The Balaban J connectivity index is 2.13. The van der Waals surface area contributed by atoms with Crippen LogP contribution in [-0.4, -0.2) is 11.0 Å². The third kappa shape index (κ3) is 3.44. The van der Waals surface area contributed by atoms with Gasteiger partial charge in [-0.1, -0.05) is 5.16 Å². The summed E-state index contributed by atoms with van der Waals surface area (Å²) in [4.78, 5) is 0. The fraction of sp³-hybridized carbons (Fsp3) is 0.0714. The van der Waals surface area contributed by atoms with Gasteiger partial charge in [-0.25, -0.2) is 8.78 Å². The molecule has 0 aliphatic rings. The number of oxime groups is 1. The molecule has 0 atom stereocenters. The van der Waals surface area contributed by atoms with Crippen molar-refractivity contribution < 1.29 is 14.0 Å². The summed E-state index contributed by atoms with van der Waals surface area (Å²) >= 11 is 0. The summed E-state index contributed by atoms with van der Waals surface area (Å²) in [6.45, 7) is 0.328. The Kier molecular flexibility index (Phi) is 4.14. The molecule has 2 aromatic carbocycles. The van der Waals surface area contributed by atoms with Crippen molar-refractivity contribution in [3.05, 3.63) is 65.2 Å². The van der Waals surface area contributed by atoms with Crippen LogP contribution in [0.5, 0.6) is 0 Å². The third-order valence-electron chi connectivity index (χ3n) is 2.70. The summed E-state index contributed by atoms with van der Waals surface area (Å²) in [6, 6.07) is 9.94. The highest BCUT2D eigenvalue weighted by molar-refractivity contribution is 5.97. The first kappa shape index (κ1) is 13.8. The number of anilines is 1. The molecule has 0 amide bonds. The lowest BCUT2D eigenvalue weighted by Crippen LogP contribution is -2.14. The molecule has 20 heavy (non-hydrogen) atoms. The van der Waals surface area contributed by atoms with E-state index in [9.17, 15) is 8.78 Å². The minimum absolute atomic E-state index is 0.160. The molecule has 0 saturated carbocycles. The first-order valence-corrected chi connectivity index (χ1v) is 5.85. The minimum Gasteiger partial charge on any atom is -0.409 e. The largest absolute Gasteiger partial charge is 0.409 e. The number of nitrogens with one attached hydrogen (secondary N) is 1. The Morgan fingerprint density at radius 3 is 2.45 bits per heavy atom. The number of hydrogen-bond acceptors (Lipinski definition) is 3. The summed E-state index contributed by atoms with van der Waals surface area (Å²) in [6.07, 6.45) is 0. The smallest absolute Gasteiger partial charge is 0.170 e. The van der Waals surface area contributed by atoms with Crippen LogP contribution in [0.25, 0.3) is 0 Å². The van der Waals surface area contributed by atoms with Crippen LogP contribution in [0.1, 0.15) is 11.1 Å². The van der Waals surface area contributed by atoms with Gasteiger partial charge in [-0.05, 0) is 48.0 Å². The second-order valence-electron chi connectivity index (χ2n) is 4.19. The van der Waals surface area contributed by atoms with Crippen LogP contribution >= 0.6 is 0 Å². The van der Waals surface area contributed by atoms with Gasteiger partial charge in [-0.2, -0.15) is 0 Å². The zero-order valence-electron chi connectivity index (χ0n) is 10.5. The second-order valence-corrected chi connectivity index (χ2v) is 4.19. The van der Waals surface area contributed by atoms with E-state index in [1.54, 1.807) is 18.2 Å². The molecule has 0 bridgehead atoms. The van der Waals surface area contributed by atoms with Crippen molar-refractivity contribution >= 4 is 11.5 Å². The number of nitrogens with zero attached hydrogens (tertiary/aromatic N) is 1. The van der Waals surface area contributed by atoms with Crippen LogP contribution in [-0.2, 0) is 6.54 Å². The van der Waals surface area contributed by atoms with E-state index >= 15 is 0 Å². The SMILES string of the molecule is N/C(=N/O)c1cc(F)cc(CNc2ccc(F)cc2)c1. The normalized spacial score (nSPS) is 11.4. The molecule has 2 rings (SSSR count). The fourth-order valence-corrected chi connectivity index (χ4v) is 1.73. The van der Waals surface area contributed by atoms with Gasteiger partial charge < -0.3 is 16.3 Å². The van der Waals surface area contributed by atoms with Crippen LogP contribution in [0.2, 0.25) is 0 Å². The van der Waals surface area contributed by atoms with Gasteiger partial charge in [-0.3, -0.25) is 0 Å². The summed E-state index contributed by atoms with van der Waals surface area (Å²) in [7, 11) is 0. The van der Waals surface area contributed by atoms with Crippen LogP contribution in [0.4, 0.5) is 14.5 Å². The van der Waals surface area contributed by atoms with E-state index in [1.165, 1.54) is 24.3 Å². The van der Waals surface area contributed by atoms with Crippen molar-refractivity contribution in [3.8, 4) is 0 Å². The maximum atomic E-state index is 13.4. The molecule has 2 aromatic rings. The molecule has 0 heterocycles. The van der Waals surface area contributed by atoms with E-state index in [0.717, 1.165) is 0 Å². The molecule has 4 nitrogen and oxygen atoms in total. The number of benzene rings is 2. The highest BCUT2D eigenvalue weighted by atomic mass is 19.1. The van der Waals surface area contributed by atoms with Crippen molar-refractivity contribution in [3.63, 3.8) is 0 Å². The standard InChI is InChI=1S/C14H13F2N3O/c15-11-1-3-13(4-2-11)18-8-9-5-10(14(17)19-20)7-12(16)6-9/h1-7,18,20H,8H2,(H2,17,19). The van der Waals surface area contributed by atoms with E-state index in [1.807, 2.05) is 0 Å². The Labute approximate surface area is 114 Å². The van der Waals surface area contributed by atoms with Crippen LogP contribution in [0, 0.1) is 11.6 Å². The highest BCUT2D eigenvalue weighted by Gasteiger charge is 2.05. The lowest BCUT2D eigenvalue weighted by molar-refractivity contribution is 0.318. The van der Waals surface area contributed by atoms with E-state index < -0.39 is 5.82 Å². The second kappa shape index (κ2) is 6.01. The van der Waals surface area contributed by atoms with Crippen molar-refractivity contribution in [2.24, 2.45) is 10.9 Å². The topological polar surface area (TPSA) is 70.6 Å². The first-order valence-electron chi connectivity index (χ1n) is 5.85. The molecule has 0 aliphatic carbocycles. The molecule has 0 fully saturated rings. The molecule has 0 radical (unpaired) electrons. The van der Waals surface area contributed by atoms with Gasteiger partial charge >= 0.3 is 0 Å². The fourth-order valence-electron chi connectivity index (χ4n) is 1.73. The Bertz CT molecular complexity index is 627. The monoisotopic (exact) mass is 277 g/mol. The molecule has 4 N–H and O–H groups in total. The minimum atomic E-state index is -0.481. The number of amidine groups is 1. The third-order valence-corrected chi connectivity index (χ3v) is 2.70. The van der Waals surface area contributed by atoms with Gasteiger partial charge in [0.15, 0.2) is 5.84 Å². The lowest BCUT2D eigenvalue weighted by atomic mass is 10.1. The van der Waals surface area contributed by atoms with Crippen molar-refractivity contribution in [1.29, 1.82) is 0 Å². The zero-order chi connectivity index (χ0) is 14.5. The highest BCUT2D eigenvalue weighted by Crippen LogP contribution is 2.13. The van der Waals surface area contributed by atoms with E-state index in [-0.39, 0.29) is 11.7 Å². The predicted molar refractivity (Wildman–Crippen MR) is 72.6 cm³/mol. The van der Waals surface area contributed by atoms with Gasteiger partial charge in [0.1, 0.15) is 11.6 Å². The molecule has 0 aliphatic heterocycles. The van der Waals surface area contributed by atoms with Crippen molar-refractivity contribution in [1.82, 2.24) is 0 Å². The quantitative estimate of drug-likeness (QED) is 0.348. The van der Waals surface area contributed by atoms with Crippen molar-refractivity contribution in [2.45, 2.75) is 6.54 Å². The zero-order valence-corrected chi connectivity index (χ0v) is 10.5. The summed E-state index contributed by atoms with van der Waals surface area (Å²) < 4.78 is 26.2. The first-order chi connectivity index (χ1) is 9.58. The van der Waals surface area contributed by atoms with Gasteiger partial charge in [0, 0.05) is 17.8 Å². The van der Waals surface area contributed by atoms with Gasteiger partial charge in [0.25, 0.3) is 0 Å². The maximum Gasteiger partial charge on any atom is 0.170 e. The van der Waals surface area contributed by atoms with Crippen LogP contribution in [0.3, 0.4) is 0 Å². The van der Waals surface area contributed by atoms with Gasteiger partial charge in [0.05, 0.1) is 0 Å². The molecule has 0 aromatic heterocycles. The molecule has 6 heteroatoms. The Morgan fingerprint density at radius 2 is 1.80 bits per heavy atom. The van der Waals surface area contributed by atoms with Gasteiger partial charge in [-0.15, -0.1) is 0 Å². The van der Waals surface area contributed by atoms with E-state index in [2.05, 4.69) is 10.5 Å². The molecular weight excluding hydrogens is 264 g/mol. The summed E-state index contributed by atoms with van der Waals surface area (Å²) in [5.41, 5.74) is 7.05. The summed E-state index contributed by atoms with van der Waals surface area (Å²) in [5, 5.41) is 14.5. The van der Waals surface area contributed by atoms with E-state index in [4.69, 9.17) is 10.9 Å². The number of hydrogen-bond donors (Lipinski definition) is 3. The predicted octanol–water partition coefficient (Wildman–Crippen LogP) is 2.67. The summed E-state index contributed by atoms with van der Waals surface area (Å²) in [5.74, 6) is -0.965. The Morgan fingerprint density at radius 1 is 1.10 bits per heavy atom. The average Bonchev–Trinajstić information content (AvgIpc) is 2.45. The lowest BCUT2D eigenvalue weighted by Gasteiger charge is -2.08. The molecule has 104 valence electrons. The molecule has 0 unspecified atom stereocenters. The van der Waals surface area contributed by atoms with Gasteiger partial charge in [0.2, 0.25) is 0 Å². The molecule has 0 spiro atoms. The number of nitrogens with two attached hydrogens (primary N) is 1.